The normalized spacial score (nSPS) is 15.4. The van der Waals surface area contributed by atoms with Gasteiger partial charge in [0.05, 0.1) is 5.02 Å². The second kappa shape index (κ2) is 5.23. The molecular formula is C17H17ClFNO. The number of para-hydroxylation sites is 1. The lowest BCUT2D eigenvalue weighted by Gasteiger charge is -2.18. The Labute approximate surface area is 128 Å². The van der Waals surface area contributed by atoms with Gasteiger partial charge in [-0.15, -0.1) is 0 Å². The Balaban J connectivity index is 1.78. The maximum absolute atomic E-state index is 13.1. The zero-order valence-electron chi connectivity index (χ0n) is 12.0. The molecule has 0 saturated carbocycles. The SMILES string of the molecule is CC1(C)Cc2cccc(CNc3ccc(F)c(Cl)c3)c2O1. The van der Waals surface area contributed by atoms with E-state index in [0.29, 0.717) is 6.54 Å². The van der Waals surface area contributed by atoms with Crippen LogP contribution in [0.25, 0.3) is 0 Å². The highest BCUT2D eigenvalue weighted by Crippen LogP contribution is 2.37. The first-order valence-electron chi connectivity index (χ1n) is 6.93. The minimum atomic E-state index is -0.409. The van der Waals surface area contributed by atoms with Crippen LogP contribution in [-0.2, 0) is 13.0 Å². The van der Waals surface area contributed by atoms with Gasteiger partial charge in [-0.3, -0.25) is 0 Å². The van der Waals surface area contributed by atoms with Gasteiger partial charge in [-0.05, 0) is 37.6 Å². The van der Waals surface area contributed by atoms with Crippen molar-refractivity contribution in [3.63, 3.8) is 0 Å². The Bertz CT molecular complexity index is 684. The Hall–Kier alpha value is -1.74. The number of anilines is 1. The topological polar surface area (TPSA) is 21.3 Å². The van der Waals surface area contributed by atoms with E-state index in [1.807, 2.05) is 12.1 Å². The molecule has 0 aliphatic carbocycles. The minimum Gasteiger partial charge on any atom is -0.487 e. The highest BCUT2D eigenvalue weighted by atomic mass is 35.5. The summed E-state index contributed by atoms with van der Waals surface area (Å²) >= 11 is 5.79. The predicted octanol–water partition coefficient (Wildman–Crippen LogP) is 4.80. The Morgan fingerprint density at radius 3 is 2.86 bits per heavy atom. The lowest BCUT2D eigenvalue weighted by Crippen LogP contribution is -2.25. The van der Waals surface area contributed by atoms with Crippen molar-refractivity contribution in [3.8, 4) is 5.75 Å². The van der Waals surface area contributed by atoms with Crippen molar-refractivity contribution in [2.45, 2.75) is 32.4 Å². The molecule has 0 amide bonds. The van der Waals surface area contributed by atoms with Gasteiger partial charge in [-0.1, -0.05) is 29.8 Å². The summed E-state index contributed by atoms with van der Waals surface area (Å²) in [7, 11) is 0. The third-order valence-electron chi connectivity index (χ3n) is 3.58. The van der Waals surface area contributed by atoms with Crippen molar-refractivity contribution in [2.75, 3.05) is 5.32 Å². The summed E-state index contributed by atoms with van der Waals surface area (Å²) in [5.74, 6) is 0.552. The van der Waals surface area contributed by atoms with Crippen LogP contribution in [0.4, 0.5) is 10.1 Å². The van der Waals surface area contributed by atoms with Crippen LogP contribution in [0.15, 0.2) is 36.4 Å². The van der Waals surface area contributed by atoms with Crippen LogP contribution in [0.3, 0.4) is 0 Å². The van der Waals surface area contributed by atoms with Crippen molar-refractivity contribution < 1.29 is 9.13 Å². The number of nitrogens with one attached hydrogen (secondary N) is 1. The van der Waals surface area contributed by atoms with Gasteiger partial charge >= 0.3 is 0 Å². The number of rotatable bonds is 3. The summed E-state index contributed by atoms with van der Waals surface area (Å²) in [6, 6.07) is 10.8. The Morgan fingerprint density at radius 2 is 2.10 bits per heavy atom. The molecule has 1 N–H and O–H groups in total. The summed E-state index contributed by atoms with van der Waals surface area (Å²) < 4.78 is 19.2. The highest BCUT2D eigenvalue weighted by Gasteiger charge is 2.31. The van der Waals surface area contributed by atoms with Gasteiger partial charge in [0.15, 0.2) is 0 Å². The third kappa shape index (κ3) is 2.98. The van der Waals surface area contributed by atoms with E-state index >= 15 is 0 Å². The zero-order valence-corrected chi connectivity index (χ0v) is 12.8. The van der Waals surface area contributed by atoms with Crippen LogP contribution in [0.1, 0.15) is 25.0 Å². The van der Waals surface area contributed by atoms with E-state index < -0.39 is 5.82 Å². The third-order valence-corrected chi connectivity index (χ3v) is 3.86. The van der Waals surface area contributed by atoms with Crippen LogP contribution in [0.5, 0.6) is 5.75 Å². The fourth-order valence-electron chi connectivity index (χ4n) is 2.62. The van der Waals surface area contributed by atoms with Gasteiger partial charge in [-0.25, -0.2) is 4.39 Å². The average Bonchev–Trinajstić information content (AvgIpc) is 2.74. The molecule has 2 aromatic carbocycles. The zero-order chi connectivity index (χ0) is 15.0. The fourth-order valence-corrected chi connectivity index (χ4v) is 2.80. The molecule has 0 saturated heterocycles. The summed E-state index contributed by atoms with van der Waals surface area (Å²) in [6.45, 7) is 4.79. The molecule has 0 bridgehead atoms. The molecule has 0 spiro atoms. The Morgan fingerprint density at radius 1 is 1.29 bits per heavy atom. The van der Waals surface area contributed by atoms with E-state index in [1.54, 1.807) is 12.1 Å². The molecule has 3 rings (SSSR count). The van der Waals surface area contributed by atoms with Crippen molar-refractivity contribution in [1.29, 1.82) is 0 Å². The van der Waals surface area contributed by atoms with E-state index in [0.717, 1.165) is 23.4 Å². The van der Waals surface area contributed by atoms with Gasteiger partial charge in [0.2, 0.25) is 0 Å². The molecule has 21 heavy (non-hydrogen) atoms. The number of fused-ring (bicyclic) bond motifs is 1. The Kier molecular flexibility index (Phi) is 3.54. The van der Waals surface area contributed by atoms with Gasteiger partial charge in [0, 0.05) is 24.2 Å². The molecule has 0 fully saturated rings. The molecule has 1 aliphatic rings. The molecule has 0 radical (unpaired) electrons. The number of hydrogen-bond acceptors (Lipinski definition) is 2. The summed E-state index contributed by atoms with van der Waals surface area (Å²) in [5.41, 5.74) is 2.96. The number of halogens is 2. The maximum Gasteiger partial charge on any atom is 0.141 e. The number of hydrogen-bond donors (Lipinski definition) is 1. The first kappa shape index (κ1) is 14.2. The largest absolute Gasteiger partial charge is 0.487 e. The quantitative estimate of drug-likeness (QED) is 0.879. The summed E-state index contributed by atoms with van der Waals surface area (Å²) in [6.07, 6.45) is 0.915. The summed E-state index contributed by atoms with van der Waals surface area (Å²) in [4.78, 5) is 0. The van der Waals surface area contributed by atoms with E-state index in [4.69, 9.17) is 16.3 Å². The molecule has 2 nitrogen and oxygen atoms in total. The second-order valence-corrected chi connectivity index (χ2v) is 6.33. The second-order valence-electron chi connectivity index (χ2n) is 5.93. The minimum absolute atomic E-state index is 0.121. The summed E-state index contributed by atoms with van der Waals surface area (Å²) in [5, 5.41) is 3.38. The molecule has 1 heterocycles. The van der Waals surface area contributed by atoms with Crippen LogP contribution in [0, 0.1) is 5.82 Å². The molecule has 1 aliphatic heterocycles. The van der Waals surface area contributed by atoms with Gasteiger partial charge in [0.1, 0.15) is 17.2 Å². The first-order valence-corrected chi connectivity index (χ1v) is 7.31. The van der Waals surface area contributed by atoms with Crippen LogP contribution >= 0.6 is 11.6 Å². The number of ether oxygens (including phenoxy) is 1. The highest BCUT2D eigenvalue weighted by molar-refractivity contribution is 6.31. The molecular weight excluding hydrogens is 289 g/mol. The van der Waals surface area contributed by atoms with Crippen molar-refractivity contribution in [1.82, 2.24) is 0 Å². The number of benzene rings is 2. The van der Waals surface area contributed by atoms with Crippen molar-refractivity contribution >= 4 is 17.3 Å². The lowest BCUT2D eigenvalue weighted by molar-refractivity contribution is 0.137. The average molecular weight is 306 g/mol. The smallest absolute Gasteiger partial charge is 0.141 e. The van der Waals surface area contributed by atoms with Gasteiger partial charge in [0.25, 0.3) is 0 Å². The van der Waals surface area contributed by atoms with Gasteiger partial charge < -0.3 is 10.1 Å². The van der Waals surface area contributed by atoms with Crippen LogP contribution in [-0.4, -0.2) is 5.60 Å². The lowest BCUT2D eigenvalue weighted by atomic mass is 10.0. The fraction of sp³-hybridized carbons (Fsp3) is 0.294. The van der Waals surface area contributed by atoms with E-state index in [1.165, 1.54) is 11.6 Å². The molecule has 0 aromatic heterocycles. The first-order chi connectivity index (χ1) is 9.94. The predicted molar refractivity (Wildman–Crippen MR) is 83.6 cm³/mol. The molecule has 0 unspecified atom stereocenters. The van der Waals surface area contributed by atoms with Crippen molar-refractivity contribution in [2.24, 2.45) is 0 Å². The van der Waals surface area contributed by atoms with Crippen LogP contribution < -0.4 is 10.1 Å². The molecule has 2 aromatic rings. The maximum atomic E-state index is 13.1. The van der Waals surface area contributed by atoms with Crippen molar-refractivity contribution in [3.05, 3.63) is 58.4 Å². The molecule has 4 heteroatoms. The van der Waals surface area contributed by atoms with E-state index in [2.05, 4.69) is 25.2 Å². The van der Waals surface area contributed by atoms with Crippen LogP contribution in [0.2, 0.25) is 5.02 Å². The molecule has 0 atom stereocenters. The monoisotopic (exact) mass is 305 g/mol. The van der Waals surface area contributed by atoms with E-state index in [-0.39, 0.29) is 10.6 Å². The molecule has 110 valence electrons. The van der Waals surface area contributed by atoms with E-state index in [9.17, 15) is 4.39 Å². The van der Waals surface area contributed by atoms with Gasteiger partial charge in [-0.2, -0.15) is 0 Å². The standard InChI is InChI=1S/C17H17ClFNO/c1-17(2)9-11-4-3-5-12(16(11)21-17)10-20-13-6-7-15(19)14(18)8-13/h3-8,20H,9-10H2,1-2H3.